The molecule has 0 aromatic heterocycles. The van der Waals surface area contributed by atoms with Crippen LogP contribution in [0.15, 0.2) is 18.2 Å². The first-order valence-electron chi connectivity index (χ1n) is 8.56. The molecule has 0 aliphatic carbocycles. The molecular weight excluding hydrogens is 276 g/mol. The fourth-order valence-electron chi connectivity index (χ4n) is 3.06. The van der Waals surface area contributed by atoms with Crippen molar-refractivity contribution in [2.75, 3.05) is 25.4 Å². The molecule has 4 nitrogen and oxygen atoms in total. The number of likely N-dealkylation sites (tertiary alicyclic amines) is 1. The van der Waals surface area contributed by atoms with E-state index in [1.807, 2.05) is 18.2 Å². The van der Waals surface area contributed by atoms with Gasteiger partial charge in [-0.05, 0) is 56.8 Å². The highest BCUT2D eigenvalue weighted by Gasteiger charge is 2.19. The van der Waals surface area contributed by atoms with E-state index in [0.29, 0.717) is 24.1 Å². The van der Waals surface area contributed by atoms with E-state index < -0.39 is 6.10 Å². The van der Waals surface area contributed by atoms with Crippen molar-refractivity contribution in [3.05, 3.63) is 23.8 Å². The van der Waals surface area contributed by atoms with Gasteiger partial charge < -0.3 is 20.5 Å². The summed E-state index contributed by atoms with van der Waals surface area (Å²) in [5.41, 5.74) is 7.50. The number of rotatable bonds is 7. The van der Waals surface area contributed by atoms with Gasteiger partial charge in [-0.2, -0.15) is 0 Å². The summed E-state index contributed by atoms with van der Waals surface area (Å²) in [6, 6.07) is 6.27. The molecule has 0 saturated carbocycles. The Hall–Kier alpha value is -1.26. The van der Waals surface area contributed by atoms with Crippen LogP contribution in [0.4, 0.5) is 5.69 Å². The van der Waals surface area contributed by atoms with Crippen molar-refractivity contribution in [2.45, 2.75) is 58.1 Å². The predicted molar refractivity (Wildman–Crippen MR) is 91.1 cm³/mol. The number of nitrogens with two attached hydrogens (primary N) is 1. The molecular formula is C18H30N2O2. The van der Waals surface area contributed by atoms with Gasteiger partial charge in [0.05, 0.1) is 18.4 Å². The van der Waals surface area contributed by atoms with E-state index in [4.69, 9.17) is 10.5 Å². The molecule has 0 bridgehead atoms. The highest BCUT2D eigenvalue weighted by atomic mass is 16.5. The number of ether oxygens (including phenoxy) is 1. The molecule has 1 heterocycles. The molecule has 1 aliphatic heterocycles. The molecule has 3 N–H and O–H groups in total. The Morgan fingerprint density at radius 3 is 2.91 bits per heavy atom. The van der Waals surface area contributed by atoms with Gasteiger partial charge in [0.15, 0.2) is 0 Å². The summed E-state index contributed by atoms with van der Waals surface area (Å²) >= 11 is 0. The maximum absolute atomic E-state index is 10.4. The minimum atomic E-state index is -0.461. The molecule has 124 valence electrons. The van der Waals surface area contributed by atoms with Gasteiger partial charge in [0.2, 0.25) is 0 Å². The lowest BCUT2D eigenvalue weighted by molar-refractivity contribution is 0.109. The molecule has 1 aliphatic rings. The van der Waals surface area contributed by atoms with Crippen molar-refractivity contribution >= 4 is 5.69 Å². The number of benzene rings is 1. The van der Waals surface area contributed by atoms with E-state index in [-0.39, 0.29) is 0 Å². The molecule has 0 amide bonds. The van der Waals surface area contributed by atoms with Crippen molar-refractivity contribution in [1.29, 1.82) is 0 Å². The lowest BCUT2D eigenvalue weighted by Gasteiger charge is -2.33. The van der Waals surface area contributed by atoms with Gasteiger partial charge in [-0.3, -0.25) is 0 Å². The van der Waals surface area contributed by atoms with Gasteiger partial charge >= 0.3 is 0 Å². The summed E-state index contributed by atoms with van der Waals surface area (Å²) in [6.45, 7) is 7.11. The predicted octanol–water partition coefficient (Wildman–Crippen LogP) is 3.36. The van der Waals surface area contributed by atoms with Gasteiger partial charge in [0.25, 0.3) is 0 Å². The van der Waals surface area contributed by atoms with Gasteiger partial charge in [0, 0.05) is 12.6 Å². The molecule has 1 aromatic carbocycles. The fraction of sp³-hybridized carbons (Fsp3) is 0.667. The summed E-state index contributed by atoms with van der Waals surface area (Å²) in [6.07, 6.45) is 5.12. The highest BCUT2D eigenvalue weighted by Crippen LogP contribution is 2.28. The molecule has 22 heavy (non-hydrogen) atoms. The van der Waals surface area contributed by atoms with Crippen LogP contribution in [-0.4, -0.2) is 35.7 Å². The highest BCUT2D eigenvalue weighted by molar-refractivity contribution is 5.54. The molecule has 1 saturated heterocycles. The Morgan fingerprint density at radius 1 is 1.41 bits per heavy atom. The average Bonchev–Trinajstić information content (AvgIpc) is 2.52. The van der Waals surface area contributed by atoms with Crippen molar-refractivity contribution in [3.63, 3.8) is 0 Å². The van der Waals surface area contributed by atoms with Crippen molar-refractivity contribution in [1.82, 2.24) is 4.90 Å². The van der Waals surface area contributed by atoms with E-state index in [2.05, 4.69) is 18.7 Å². The lowest BCUT2D eigenvalue weighted by atomic mass is 10.0. The summed E-state index contributed by atoms with van der Waals surface area (Å²) in [4.78, 5) is 2.48. The molecule has 1 aromatic rings. The second kappa shape index (κ2) is 8.39. The third-order valence-corrected chi connectivity index (χ3v) is 4.51. The Kier molecular flexibility index (Phi) is 6.52. The number of piperidine rings is 1. The van der Waals surface area contributed by atoms with Crippen LogP contribution in [0.3, 0.4) is 0 Å². The van der Waals surface area contributed by atoms with Crippen LogP contribution in [-0.2, 0) is 0 Å². The standard InChI is InChI=1S/C18H30N2O2/c1-3-12-22-18-8-7-15(13-16(18)19)17(21)9-11-20-10-5-4-6-14(20)2/h7-8,13-14,17,21H,3-6,9-12,19H2,1-2H3. The number of anilines is 1. The van der Waals surface area contributed by atoms with Crippen LogP contribution in [0.2, 0.25) is 0 Å². The van der Waals surface area contributed by atoms with Crippen molar-refractivity contribution < 1.29 is 9.84 Å². The quantitative estimate of drug-likeness (QED) is 0.758. The van der Waals surface area contributed by atoms with Crippen LogP contribution in [0, 0.1) is 0 Å². The lowest BCUT2D eigenvalue weighted by Crippen LogP contribution is -2.38. The first kappa shape index (κ1) is 17.1. The zero-order chi connectivity index (χ0) is 15.9. The topological polar surface area (TPSA) is 58.7 Å². The molecule has 0 radical (unpaired) electrons. The number of nitrogen functional groups attached to an aromatic ring is 1. The smallest absolute Gasteiger partial charge is 0.142 e. The van der Waals surface area contributed by atoms with Crippen molar-refractivity contribution in [2.24, 2.45) is 0 Å². The van der Waals surface area contributed by atoms with Crippen LogP contribution >= 0.6 is 0 Å². The van der Waals surface area contributed by atoms with E-state index in [1.165, 1.54) is 19.3 Å². The normalized spacial score (nSPS) is 20.8. The van der Waals surface area contributed by atoms with Gasteiger partial charge in [0.1, 0.15) is 5.75 Å². The Labute approximate surface area is 134 Å². The summed E-state index contributed by atoms with van der Waals surface area (Å²) in [5, 5.41) is 10.4. The maximum atomic E-state index is 10.4. The van der Waals surface area contributed by atoms with E-state index in [1.54, 1.807) is 0 Å². The largest absolute Gasteiger partial charge is 0.491 e. The Balaban J connectivity index is 1.89. The molecule has 0 spiro atoms. The minimum Gasteiger partial charge on any atom is -0.491 e. The first-order valence-corrected chi connectivity index (χ1v) is 8.56. The number of nitrogens with zero attached hydrogens (tertiary/aromatic N) is 1. The molecule has 1 fully saturated rings. The van der Waals surface area contributed by atoms with Crippen LogP contribution in [0.1, 0.15) is 57.6 Å². The van der Waals surface area contributed by atoms with Crippen LogP contribution in [0.5, 0.6) is 5.75 Å². The van der Waals surface area contributed by atoms with Crippen LogP contribution < -0.4 is 10.5 Å². The number of aliphatic hydroxyl groups excluding tert-OH is 1. The fourth-order valence-corrected chi connectivity index (χ4v) is 3.06. The number of aliphatic hydroxyl groups is 1. The second-order valence-corrected chi connectivity index (χ2v) is 6.33. The number of hydrogen-bond donors (Lipinski definition) is 2. The van der Waals surface area contributed by atoms with Crippen molar-refractivity contribution in [3.8, 4) is 5.75 Å². The minimum absolute atomic E-state index is 0.461. The summed E-state index contributed by atoms with van der Waals surface area (Å²) in [7, 11) is 0. The molecule has 2 rings (SSSR count). The molecule has 2 unspecified atom stereocenters. The third-order valence-electron chi connectivity index (χ3n) is 4.51. The summed E-state index contributed by atoms with van der Waals surface area (Å²) in [5.74, 6) is 0.711. The van der Waals surface area contributed by atoms with Gasteiger partial charge in [-0.15, -0.1) is 0 Å². The Morgan fingerprint density at radius 2 is 2.23 bits per heavy atom. The maximum Gasteiger partial charge on any atom is 0.142 e. The Bertz CT molecular complexity index is 464. The average molecular weight is 306 g/mol. The van der Waals surface area contributed by atoms with E-state index in [0.717, 1.165) is 31.5 Å². The molecule has 2 atom stereocenters. The number of hydrogen-bond acceptors (Lipinski definition) is 4. The second-order valence-electron chi connectivity index (χ2n) is 6.33. The third kappa shape index (κ3) is 4.62. The zero-order valence-electron chi connectivity index (χ0n) is 13.9. The van der Waals surface area contributed by atoms with Gasteiger partial charge in [-0.25, -0.2) is 0 Å². The first-order chi connectivity index (χ1) is 10.6. The molecule has 4 heteroatoms. The summed E-state index contributed by atoms with van der Waals surface area (Å²) < 4.78 is 5.58. The van der Waals surface area contributed by atoms with E-state index in [9.17, 15) is 5.11 Å². The monoisotopic (exact) mass is 306 g/mol. The SMILES string of the molecule is CCCOc1ccc(C(O)CCN2CCCCC2C)cc1N. The van der Waals surface area contributed by atoms with Crippen LogP contribution in [0.25, 0.3) is 0 Å². The van der Waals surface area contributed by atoms with Gasteiger partial charge in [-0.1, -0.05) is 19.4 Å². The van der Waals surface area contributed by atoms with E-state index >= 15 is 0 Å². The zero-order valence-corrected chi connectivity index (χ0v) is 13.9.